The number of aryl methyl sites for hydroxylation is 2. The van der Waals surface area contributed by atoms with Gasteiger partial charge < -0.3 is 15.0 Å². The summed E-state index contributed by atoms with van der Waals surface area (Å²) in [7, 11) is 1.96. The van der Waals surface area contributed by atoms with Crippen molar-refractivity contribution in [2.24, 2.45) is 7.05 Å². The largest absolute Gasteiger partial charge is 0.490 e. The predicted octanol–water partition coefficient (Wildman–Crippen LogP) is 2.44. The SMILES string of the molecule is Cc1ncsc1CN1Cc2ncn(C)c2C(C(=O)NC(C)C)C1.O=C(O)C(F)(F)F. The lowest BCUT2D eigenvalue weighted by atomic mass is 9.96. The summed E-state index contributed by atoms with van der Waals surface area (Å²) in [6, 6.07) is 0.137. The second-order valence-corrected chi connectivity index (χ2v) is 8.18. The number of carbonyl (C=O) groups is 2. The molecule has 0 saturated heterocycles. The van der Waals surface area contributed by atoms with E-state index in [1.807, 2.05) is 44.2 Å². The number of amides is 1. The Morgan fingerprint density at radius 2 is 2.00 bits per heavy atom. The van der Waals surface area contributed by atoms with Crippen molar-refractivity contribution in [3.05, 3.63) is 33.8 Å². The first-order chi connectivity index (χ1) is 13.9. The van der Waals surface area contributed by atoms with E-state index < -0.39 is 12.1 Å². The molecule has 0 bridgehead atoms. The van der Waals surface area contributed by atoms with Gasteiger partial charge in [0.15, 0.2) is 0 Å². The van der Waals surface area contributed by atoms with Gasteiger partial charge in [0.1, 0.15) is 0 Å². The van der Waals surface area contributed by atoms with Crippen molar-refractivity contribution in [2.45, 2.75) is 52.0 Å². The van der Waals surface area contributed by atoms with E-state index in [0.29, 0.717) is 6.54 Å². The second-order valence-electron chi connectivity index (χ2n) is 7.24. The number of aliphatic carboxylic acids is 1. The standard InChI is InChI=1S/C16H23N5OS.C2HF3O2/c1-10(2)19-16(22)12-5-21(7-14-11(3)18-9-23-14)6-13-15(12)20(4)8-17-13;3-2(4,5)1(6)7/h8-10,12H,5-7H2,1-4H3,(H,19,22);(H,6,7). The molecule has 3 heterocycles. The van der Waals surface area contributed by atoms with Gasteiger partial charge in [-0.1, -0.05) is 0 Å². The van der Waals surface area contributed by atoms with E-state index in [0.717, 1.165) is 30.2 Å². The summed E-state index contributed by atoms with van der Waals surface area (Å²) in [4.78, 5) is 33.9. The summed E-state index contributed by atoms with van der Waals surface area (Å²) in [6.45, 7) is 8.32. The van der Waals surface area contributed by atoms with E-state index in [1.54, 1.807) is 11.3 Å². The fraction of sp³-hybridized carbons (Fsp3) is 0.556. The molecule has 2 aromatic rings. The quantitative estimate of drug-likeness (QED) is 0.747. The van der Waals surface area contributed by atoms with E-state index in [2.05, 4.69) is 20.2 Å². The Morgan fingerprint density at radius 3 is 2.50 bits per heavy atom. The van der Waals surface area contributed by atoms with Crippen molar-refractivity contribution >= 4 is 23.2 Å². The van der Waals surface area contributed by atoms with Gasteiger partial charge in [-0.2, -0.15) is 13.2 Å². The van der Waals surface area contributed by atoms with E-state index >= 15 is 0 Å². The zero-order valence-corrected chi connectivity index (χ0v) is 17.8. The first kappa shape index (κ1) is 23.8. The molecule has 0 radical (unpaired) electrons. The Bertz CT molecular complexity index is 894. The highest BCUT2D eigenvalue weighted by Crippen LogP contribution is 2.29. The molecule has 2 aromatic heterocycles. The maximum Gasteiger partial charge on any atom is 0.490 e. The van der Waals surface area contributed by atoms with Crippen molar-refractivity contribution in [2.75, 3.05) is 6.54 Å². The van der Waals surface area contributed by atoms with Crippen LogP contribution in [0, 0.1) is 6.92 Å². The third kappa shape index (κ3) is 6.02. The molecule has 2 N–H and O–H groups in total. The van der Waals surface area contributed by atoms with Gasteiger partial charge in [-0.3, -0.25) is 9.69 Å². The number of hydrogen-bond acceptors (Lipinski definition) is 6. The number of carboxylic acids is 1. The van der Waals surface area contributed by atoms with Gasteiger partial charge in [-0.25, -0.2) is 14.8 Å². The Morgan fingerprint density at radius 1 is 1.37 bits per heavy atom. The fourth-order valence-electron chi connectivity index (χ4n) is 3.07. The molecule has 0 spiro atoms. The van der Waals surface area contributed by atoms with Crippen LogP contribution in [0.25, 0.3) is 0 Å². The number of imidazole rings is 1. The average molecular weight is 447 g/mol. The van der Waals surface area contributed by atoms with Gasteiger partial charge in [-0.15, -0.1) is 11.3 Å². The molecule has 1 amide bonds. The third-order valence-corrected chi connectivity index (χ3v) is 5.33. The monoisotopic (exact) mass is 447 g/mol. The smallest absolute Gasteiger partial charge is 0.475 e. The lowest BCUT2D eigenvalue weighted by Crippen LogP contribution is -2.43. The number of carboxylic acid groups (broad SMARTS) is 1. The summed E-state index contributed by atoms with van der Waals surface area (Å²) in [5.41, 5.74) is 5.00. The molecule has 1 unspecified atom stereocenters. The van der Waals surface area contributed by atoms with E-state index in [1.165, 1.54) is 4.88 Å². The van der Waals surface area contributed by atoms with Gasteiger partial charge >= 0.3 is 12.1 Å². The number of nitrogens with zero attached hydrogens (tertiary/aromatic N) is 4. The van der Waals surface area contributed by atoms with Crippen molar-refractivity contribution in [1.82, 2.24) is 24.8 Å². The Labute approximate surface area is 175 Å². The molecule has 1 aliphatic rings. The lowest BCUT2D eigenvalue weighted by Gasteiger charge is -2.32. The van der Waals surface area contributed by atoms with Crippen LogP contribution in [0.15, 0.2) is 11.8 Å². The van der Waals surface area contributed by atoms with Crippen LogP contribution in [0.3, 0.4) is 0 Å². The summed E-state index contributed by atoms with van der Waals surface area (Å²) in [6.07, 6.45) is -3.28. The molecule has 8 nitrogen and oxygen atoms in total. The average Bonchev–Trinajstić information content (AvgIpc) is 3.19. The maximum atomic E-state index is 12.6. The second kappa shape index (κ2) is 9.56. The molecule has 166 valence electrons. The van der Waals surface area contributed by atoms with Gasteiger partial charge in [0.25, 0.3) is 0 Å². The highest BCUT2D eigenvalue weighted by molar-refractivity contribution is 7.09. The lowest BCUT2D eigenvalue weighted by molar-refractivity contribution is -0.192. The van der Waals surface area contributed by atoms with E-state index in [9.17, 15) is 18.0 Å². The summed E-state index contributed by atoms with van der Waals surface area (Å²) in [5, 5.41) is 10.2. The normalized spacial score (nSPS) is 16.6. The Balaban J connectivity index is 0.000000396. The summed E-state index contributed by atoms with van der Waals surface area (Å²) in [5.74, 6) is -2.86. The highest BCUT2D eigenvalue weighted by Gasteiger charge is 2.38. The molecule has 0 aromatic carbocycles. The number of aromatic nitrogens is 3. The molecule has 12 heteroatoms. The number of carbonyl (C=O) groups excluding carboxylic acids is 1. The molecule has 0 aliphatic carbocycles. The Kier molecular flexibility index (Phi) is 7.59. The molecule has 3 rings (SSSR count). The van der Waals surface area contributed by atoms with Gasteiger partial charge in [0, 0.05) is 37.6 Å². The van der Waals surface area contributed by atoms with Gasteiger partial charge in [0.05, 0.1) is 34.8 Å². The van der Waals surface area contributed by atoms with Crippen LogP contribution >= 0.6 is 11.3 Å². The zero-order valence-electron chi connectivity index (χ0n) is 17.0. The van der Waals surface area contributed by atoms with Gasteiger partial charge in [-0.05, 0) is 20.8 Å². The fourth-order valence-corrected chi connectivity index (χ4v) is 3.89. The third-order valence-electron chi connectivity index (χ3n) is 4.41. The highest BCUT2D eigenvalue weighted by atomic mass is 32.1. The number of fused-ring (bicyclic) bond motifs is 1. The van der Waals surface area contributed by atoms with Crippen molar-refractivity contribution in [3.8, 4) is 0 Å². The van der Waals surface area contributed by atoms with Crippen LogP contribution in [0.4, 0.5) is 13.2 Å². The van der Waals surface area contributed by atoms with Crippen LogP contribution in [-0.4, -0.2) is 55.2 Å². The van der Waals surface area contributed by atoms with Crippen molar-refractivity contribution in [3.63, 3.8) is 0 Å². The molecule has 0 saturated carbocycles. The van der Waals surface area contributed by atoms with E-state index in [4.69, 9.17) is 9.90 Å². The number of halogens is 3. The van der Waals surface area contributed by atoms with Crippen LogP contribution in [-0.2, 0) is 29.7 Å². The van der Waals surface area contributed by atoms with Crippen LogP contribution < -0.4 is 5.32 Å². The molecular formula is C18H24F3N5O3S. The molecule has 1 atom stereocenters. The summed E-state index contributed by atoms with van der Waals surface area (Å²) >= 11 is 1.67. The Hall–Kier alpha value is -2.47. The molecular weight excluding hydrogens is 423 g/mol. The molecule has 30 heavy (non-hydrogen) atoms. The van der Waals surface area contributed by atoms with Crippen molar-refractivity contribution in [1.29, 1.82) is 0 Å². The van der Waals surface area contributed by atoms with Gasteiger partial charge in [0.2, 0.25) is 5.91 Å². The van der Waals surface area contributed by atoms with E-state index in [-0.39, 0.29) is 17.9 Å². The molecule has 1 aliphatic heterocycles. The molecule has 0 fully saturated rings. The minimum absolute atomic E-state index is 0.0792. The van der Waals surface area contributed by atoms with Crippen molar-refractivity contribution < 1.29 is 27.9 Å². The number of hydrogen-bond donors (Lipinski definition) is 2. The minimum atomic E-state index is -5.08. The van der Waals surface area contributed by atoms with Crippen LogP contribution in [0.5, 0.6) is 0 Å². The first-order valence-electron chi connectivity index (χ1n) is 9.12. The maximum absolute atomic E-state index is 12.6. The minimum Gasteiger partial charge on any atom is -0.475 e. The topological polar surface area (TPSA) is 100 Å². The summed E-state index contributed by atoms with van der Waals surface area (Å²) < 4.78 is 33.7. The van der Waals surface area contributed by atoms with Crippen LogP contribution in [0.2, 0.25) is 0 Å². The predicted molar refractivity (Wildman–Crippen MR) is 104 cm³/mol. The number of thiazole rings is 1. The van der Waals surface area contributed by atoms with Crippen LogP contribution in [0.1, 0.15) is 41.7 Å². The number of rotatable bonds is 4. The zero-order chi connectivity index (χ0) is 22.6. The number of nitrogens with one attached hydrogen (secondary N) is 1. The first-order valence-corrected chi connectivity index (χ1v) is 10.00. The number of alkyl halides is 3.